The number of hydrazine groups is 1. The maximum absolute atomic E-state index is 12.2. The summed E-state index contributed by atoms with van der Waals surface area (Å²) in [5, 5.41) is 0. The summed E-state index contributed by atoms with van der Waals surface area (Å²) >= 11 is 0. The molecule has 108 valence electrons. The van der Waals surface area contributed by atoms with Gasteiger partial charge in [0, 0.05) is 7.11 Å². The molecular formula is C12H17F3N2O2. The van der Waals surface area contributed by atoms with Gasteiger partial charge in [-0.2, -0.15) is 0 Å². The van der Waals surface area contributed by atoms with Gasteiger partial charge in [-0.25, -0.2) is 0 Å². The van der Waals surface area contributed by atoms with Crippen molar-refractivity contribution >= 4 is 0 Å². The van der Waals surface area contributed by atoms with Crippen LogP contribution in [0.25, 0.3) is 0 Å². The fourth-order valence-corrected chi connectivity index (χ4v) is 1.71. The van der Waals surface area contributed by atoms with E-state index >= 15 is 0 Å². The second-order valence-electron chi connectivity index (χ2n) is 4.53. The fraction of sp³-hybridized carbons (Fsp3) is 0.500. The number of hydrogen-bond acceptors (Lipinski definition) is 4. The van der Waals surface area contributed by atoms with E-state index in [1.165, 1.54) is 25.3 Å². The third-order valence-corrected chi connectivity index (χ3v) is 2.81. The number of hydrogen-bond donors (Lipinski definition) is 2. The van der Waals surface area contributed by atoms with Gasteiger partial charge in [0.2, 0.25) is 0 Å². The molecule has 0 spiro atoms. The minimum atomic E-state index is -4.72. The molecular weight excluding hydrogens is 261 g/mol. The van der Waals surface area contributed by atoms with E-state index < -0.39 is 18.0 Å². The molecule has 0 saturated heterocycles. The molecule has 4 nitrogen and oxygen atoms in total. The van der Waals surface area contributed by atoms with E-state index in [9.17, 15) is 13.2 Å². The quantitative estimate of drug-likeness (QED) is 0.642. The van der Waals surface area contributed by atoms with Crippen molar-refractivity contribution in [3.63, 3.8) is 0 Å². The number of nitrogens with two attached hydrogens (primary N) is 1. The normalized spacial score (nSPS) is 14.3. The largest absolute Gasteiger partial charge is 0.573 e. The van der Waals surface area contributed by atoms with E-state index in [-0.39, 0.29) is 5.75 Å². The lowest BCUT2D eigenvalue weighted by Crippen LogP contribution is -2.43. The van der Waals surface area contributed by atoms with Gasteiger partial charge < -0.3 is 9.47 Å². The zero-order valence-corrected chi connectivity index (χ0v) is 10.9. The van der Waals surface area contributed by atoms with Crippen molar-refractivity contribution in [2.75, 3.05) is 7.11 Å². The highest BCUT2D eigenvalue weighted by atomic mass is 19.4. The SMILES string of the molecule is COC(C)(C)C(NN)c1cccc(OC(F)(F)F)c1. The van der Waals surface area contributed by atoms with Gasteiger partial charge in [-0.1, -0.05) is 12.1 Å². The van der Waals surface area contributed by atoms with Crippen LogP contribution >= 0.6 is 0 Å². The van der Waals surface area contributed by atoms with Gasteiger partial charge in [-0.05, 0) is 31.5 Å². The number of nitrogens with one attached hydrogen (secondary N) is 1. The average molecular weight is 278 g/mol. The molecule has 0 aliphatic rings. The molecule has 0 heterocycles. The highest BCUT2D eigenvalue weighted by Gasteiger charge is 2.33. The Labute approximate surface area is 109 Å². The van der Waals surface area contributed by atoms with Crippen molar-refractivity contribution in [3.05, 3.63) is 29.8 Å². The van der Waals surface area contributed by atoms with E-state index in [2.05, 4.69) is 10.2 Å². The van der Waals surface area contributed by atoms with Crippen molar-refractivity contribution in [3.8, 4) is 5.75 Å². The first-order valence-electron chi connectivity index (χ1n) is 5.56. The van der Waals surface area contributed by atoms with Crippen LogP contribution in [0.2, 0.25) is 0 Å². The van der Waals surface area contributed by atoms with Crippen LogP contribution in [0, 0.1) is 0 Å². The standard InChI is InChI=1S/C12H17F3N2O2/c1-11(2,18-3)10(17-16)8-5-4-6-9(7-8)19-12(13,14)15/h4-7,10,17H,16H2,1-3H3. The summed E-state index contributed by atoms with van der Waals surface area (Å²) in [5.74, 6) is 5.16. The first-order chi connectivity index (χ1) is 8.69. The van der Waals surface area contributed by atoms with Crippen LogP contribution in [0.3, 0.4) is 0 Å². The minimum absolute atomic E-state index is 0.294. The molecule has 1 aromatic carbocycles. The highest BCUT2D eigenvalue weighted by Crippen LogP contribution is 2.31. The maximum Gasteiger partial charge on any atom is 0.573 e. The number of alkyl halides is 3. The van der Waals surface area contributed by atoms with Gasteiger partial charge in [0.15, 0.2) is 0 Å². The predicted octanol–water partition coefficient (Wildman–Crippen LogP) is 2.51. The molecule has 0 radical (unpaired) electrons. The van der Waals surface area contributed by atoms with E-state index in [4.69, 9.17) is 10.6 Å². The summed E-state index contributed by atoms with van der Waals surface area (Å²) in [4.78, 5) is 0. The summed E-state index contributed by atoms with van der Waals surface area (Å²) in [6, 6.07) is 5.14. The van der Waals surface area contributed by atoms with Crippen LogP contribution in [0.15, 0.2) is 24.3 Å². The van der Waals surface area contributed by atoms with Crippen LogP contribution in [0.1, 0.15) is 25.5 Å². The minimum Gasteiger partial charge on any atom is -0.406 e. The summed E-state index contributed by atoms with van der Waals surface area (Å²) in [7, 11) is 1.50. The lowest BCUT2D eigenvalue weighted by molar-refractivity contribution is -0.274. The van der Waals surface area contributed by atoms with Crippen molar-refractivity contribution in [2.45, 2.75) is 31.9 Å². The number of halogens is 3. The van der Waals surface area contributed by atoms with E-state index in [0.29, 0.717) is 5.56 Å². The van der Waals surface area contributed by atoms with Gasteiger partial charge in [-0.3, -0.25) is 11.3 Å². The fourth-order valence-electron chi connectivity index (χ4n) is 1.71. The zero-order chi connectivity index (χ0) is 14.7. The maximum atomic E-state index is 12.2. The van der Waals surface area contributed by atoms with Gasteiger partial charge in [0.25, 0.3) is 0 Å². The smallest absolute Gasteiger partial charge is 0.406 e. The van der Waals surface area contributed by atoms with Crippen LogP contribution in [0.4, 0.5) is 13.2 Å². The van der Waals surface area contributed by atoms with Crippen LogP contribution < -0.4 is 16.0 Å². The zero-order valence-electron chi connectivity index (χ0n) is 10.9. The molecule has 1 atom stereocenters. The number of methoxy groups -OCH3 is 1. The number of ether oxygens (including phenoxy) is 2. The van der Waals surface area contributed by atoms with Crippen LogP contribution in [-0.4, -0.2) is 19.1 Å². The Morgan fingerprint density at radius 1 is 1.26 bits per heavy atom. The third kappa shape index (κ3) is 4.38. The Balaban J connectivity index is 3.03. The first-order valence-corrected chi connectivity index (χ1v) is 5.56. The first kappa shape index (κ1) is 15.7. The van der Waals surface area contributed by atoms with Gasteiger partial charge in [0.1, 0.15) is 5.75 Å². The van der Waals surface area contributed by atoms with Crippen molar-refractivity contribution in [2.24, 2.45) is 5.84 Å². The molecule has 0 amide bonds. The summed E-state index contributed by atoms with van der Waals surface area (Å²) in [6.45, 7) is 3.55. The Bertz CT molecular complexity index is 422. The van der Waals surface area contributed by atoms with Crippen molar-refractivity contribution in [1.82, 2.24) is 5.43 Å². The number of rotatable bonds is 5. The molecule has 7 heteroatoms. The Kier molecular flexibility index (Phi) is 4.78. The third-order valence-electron chi connectivity index (χ3n) is 2.81. The summed E-state index contributed by atoms with van der Waals surface area (Å²) < 4.78 is 45.7. The van der Waals surface area contributed by atoms with Gasteiger partial charge >= 0.3 is 6.36 Å². The van der Waals surface area contributed by atoms with E-state index in [1.54, 1.807) is 19.9 Å². The summed E-state index contributed by atoms with van der Waals surface area (Å²) in [6.07, 6.45) is -4.72. The van der Waals surface area contributed by atoms with Gasteiger partial charge in [-0.15, -0.1) is 13.2 Å². The number of benzene rings is 1. The summed E-state index contributed by atoms with van der Waals surface area (Å²) in [5.41, 5.74) is 2.39. The molecule has 0 fully saturated rings. The highest BCUT2D eigenvalue weighted by molar-refractivity contribution is 5.32. The second-order valence-corrected chi connectivity index (χ2v) is 4.53. The van der Waals surface area contributed by atoms with E-state index in [1.807, 2.05) is 0 Å². The van der Waals surface area contributed by atoms with Crippen LogP contribution in [-0.2, 0) is 4.74 Å². The molecule has 3 N–H and O–H groups in total. The van der Waals surface area contributed by atoms with Crippen molar-refractivity contribution < 1.29 is 22.6 Å². The molecule has 0 aliphatic heterocycles. The topological polar surface area (TPSA) is 56.5 Å². The van der Waals surface area contributed by atoms with E-state index in [0.717, 1.165) is 0 Å². The molecule has 0 bridgehead atoms. The molecule has 0 aliphatic carbocycles. The molecule has 1 aromatic rings. The molecule has 0 saturated carbocycles. The van der Waals surface area contributed by atoms with Gasteiger partial charge in [0.05, 0.1) is 11.6 Å². The molecule has 19 heavy (non-hydrogen) atoms. The lowest BCUT2D eigenvalue weighted by atomic mass is 9.92. The van der Waals surface area contributed by atoms with Crippen molar-refractivity contribution in [1.29, 1.82) is 0 Å². The Morgan fingerprint density at radius 3 is 2.37 bits per heavy atom. The predicted molar refractivity (Wildman–Crippen MR) is 64.3 cm³/mol. The second kappa shape index (κ2) is 5.77. The average Bonchev–Trinajstić information content (AvgIpc) is 2.28. The lowest BCUT2D eigenvalue weighted by Gasteiger charge is -2.33. The Morgan fingerprint density at radius 2 is 1.89 bits per heavy atom. The molecule has 0 aromatic heterocycles. The Hall–Kier alpha value is -1.31. The molecule has 1 unspecified atom stereocenters. The van der Waals surface area contributed by atoms with Crippen LogP contribution in [0.5, 0.6) is 5.75 Å². The monoisotopic (exact) mass is 278 g/mol. The molecule has 1 rings (SSSR count).